The zero-order valence-corrected chi connectivity index (χ0v) is 11.2. The molecule has 0 unspecified atom stereocenters. The molecule has 1 aromatic carbocycles. The predicted octanol–water partition coefficient (Wildman–Crippen LogP) is 3.44. The quantitative estimate of drug-likeness (QED) is 0.505. The molecule has 0 aliphatic heterocycles. The minimum absolute atomic E-state index is 0.376. The van der Waals surface area contributed by atoms with Crippen molar-refractivity contribution in [2.24, 2.45) is 0 Å². The van der Waals surface area contributed by atoms with Gasteiger partial charge < -0.3 is 5.32 Å². The molecule has 4 nitrogen and oxygen atoms in total. The van der Waals surface area contributed by atoms with Gasteiger partial charge in [0.25, 0.3) is 0 Å². The lowest BCUT2D eigenvalue weighted by molar-refractivity contribution is 0.0782. The Morgan fingerprint density at radius 1 is 1.38 bits per heavy atom. The van der Waals surface area contributed by atoms with Gasteiger partial charge in [-0.25, -0.2) is 10.3 Å². The summed E-state index contributed by atoms with van der Waals surface area (Å²) in [6.07, 6.45) is 0. The van der Waals surface area contributed by atoms with Crippen molar-refractivity contribution in [2.75, 3.05) is 17.3 Å². The van der Waals surface area contributed by atoms with E-state index >= 15 is 0 Å². The van der Waals surface area contributed by atoms with E-state index in [-0.39, 0.29) is 0 Å². The van der Waals surface area contributed by atoms with Crippen molar-refractivity contribution in [1.82, 2.24) is 5.48 Å². The summed E-state index contributed by atoms with van der Waals surface area (Å²) in [5.41, 5.74) is 2.75. The number of benzene rings is 1. The number of hydrogen-bond donors (Lipinski definition) is 2. The third-order valence-corrected chi connectivity index (χ3v) is 2.58. The van der Waals surface area contributed by atoms with Gasteiger partial charge in [0.05, 0.1) is 16.7 Å². The smallest absolute Gasteiger partial charge is 0.306 e. The summed E-state index contributed by atoms with van der Waals surface area (Å²) in [4.78, 5) is 16.0. The van der Waals surface area contributed by atoms with Crippen LogP contribution in [0.25, 0.3) is 0 Å². The van der Waals surface area contributed by atoms with Crippen molar-refractivity contribution in [1.29, 1.82) is 0 Å². The number of anilines is 1. The number of halogens is 3. The molecule has 0 aliphatic rings. The highest BCUT2D eigenvalue weighted by molar-refractivity contribution is 9.09. The number of amides is 2. The van der Waals surface area contributed by atoms with E-state index in [9.17, 15) is 4.79 Å². The summed E-state index contributed by atoms with van der Waals surface area (Å²) in [5.74, 6) is 0. The van der Waals surface area contributed by atoms with Gasteiger partial charge in [-0.1, -0.05) is 39.1 Å². The molecular formula is C9H9BrCl2N2O2. The Labute approximate surface area is 111 Å². The summed E-state index contributed by atoms with van der Waals surface area (Å²) in [6, 6.07) is 4.31. The molecule has 7 heteroatoms. The lowest BCUT2D eigenvalue weighted by atomic mass is 10.3. The fourth-order valence-corrected chi connectivity index (χ4v) is 1.35. The summed E-state index contributed by atoms with van der Waals surface area (Å²) >= 11 is 14.7. The number of hydroxylamine groups is 1. The molecule has 2 N–H and O–H groups in total. The second-order valence-corrected chi connectivity index (χ2v) is 4.33. The van der Waals surface area contributed by atoms with Crippen LogP contribution in [0.2, 0.25) is 10.0 Å². The van der Waals surface area contributed by atoms with Gasteiger partial charge in [0.2, 0.25) is 0 Å². The topological polar surface area (TPSA) is 50.4 Å². The lowest BCUT2D eigenvalue weighted by Crippen LogP contribution is -2.29. The standard InChI is InChI=1S/C9H9BrCl2N2O2/c10-3-4-16-14-9(15)13-6-1-2-7(11)8(12)5-6/h1-2,5H,3-4H2,(H2,13,14,15). The van der Waals surface area contributed by atoms with Crippen LogP contribution in [0.15, 0.2) is 18.2 Å². The van der Waals surface area contributed by atoms with Gasteiger partial charge in [-0.3, -0.25) is 4.84 Å². The van der Waals surface area contributed by atoms with Crippen LogP contribution in [0.5, 0.6) is 0 Å². The van der Waals surface area contributed by atoms with Gasteiger partial charge in [0.1, 0.15) is 0 Å². The number of carbonyl (C=O) groups excluding carboxylic acids is 1. The molecular weight excluding hydrogens is 319 g/mol. The van der Waals surface area contributed by atoms with Crippen LogP contribution in [0.4, 0.5) is 10.5 Å². The average molecular weight is 328 g/mol. The van der Waals surface area contributed by atoms with Crippen molar-refractivity contribution in [3.63, 3.8) is 0 Å². The molecule has 0 bridgehead atoms. The highest BCUT2D eigenvalue weighted by atomic mass is 79.9. The van der Waals surface area contributed by atoms with Crippen molar-refractivity contribution in [3.8, 4) is 0 Å². The number of carbonyl (C=O) groups is 1. The first-order chi connectivity index (χ1) is 7.63. The largest absolute Gasteiger partial charge is 0.343 e. The summed E-state index contributed by atoms with van der Waals surface area (Å²) < 4.78 is 0. The van der Waals surface area contributed by atoms with Crippen LogP contribution in [0, 0.1) is 0 Å². The molecule has 1 rings (SSSR count). The third kappa shape index (κ3) is 4.57. The maximum absolute atomic E-state index is 11.2. The van der Waals surface area contributed by atoms with Gasteiger partial charge in [0.15, 0.2) is 0 Å². The zero-order chi connectivity index (χ0) is 12.0. The Hall–Kier alpha value is -0.490. The van der Waals surface area contributed by atoms with Gasteiger partial charge in [0, 0.05) is 11.0 Å². The number of rotatable bonds is 4. The number of nitrogens with one attached hydrogen (secondary N) is 2. The normalized spacial score (nSPS) is 9.94. The number of urea groups is 1. The Balaban J connectivity index is 2.46. The molecule has 2 amide bonds. The fraction of sp³-hybridized carbons (Fsp3) is 0.222. The second kappa shape index (κ2) is 6.96. The molecule has 0 aliphatic carbocycles. The Morgan fingerprint density at radius 2 is 2.12 bits per heavy atom. The molecule has 0 radical (unpaired) electrons. The van der Waals surface area contributed by atoms with E-state index in [0.29, 0.717) is 27.7 Å². The van der Waals surface area contributed by atoms with Crippen molar-refractivity contribution < 1.29 is 9.63 Å². The maximum atomic E-state index is 11.2. The first kappa shape index (κ1) is 13.6. The highest BCUT2D eigenvalue weighted by Crippen LogP contribution is 2.24. The summed E-state index contributed by atoms with van der Waals surface area (Å²) in [5, 5.41) is 3.98. The van der Waals surface area contributed by atoms with Crippen LogP contribution >= 0.6 is 39.1 Å². The van der Waals surface area contributed by atoms with Crippen molar-refractivity contribution in [3.05, 3.63) is 28.2 Å². The molecule has 88 valence electrons. The minimum atomic E-state index is -0.473. The summed E-state index contributed by atoms with van der Waals surface area (Å²) in [7, 11) is 0. The molecule has 16 heavy (non-hydrogen) atoms. The molecule has 1 aromatic rings. The first-order valence-electron chi connectivity index (χ1n) is 4.33. The molecule has 0 aromatic heterocycles. The van der Waals surface area contributed by atoms with Crippen molar-refractivity contribution in [2.45, 2.75) is 0 Å². The molecule has 0 saturated heterocycles. The Morgan fingerprint density at radius 3 is 2.75 bits per heavy atom. The van der Waals surface area contributed by atoms with Gasteiger partial charge in [-0.2, -0.15) is 0 Å². The van der Waals surface area contributed by atoms with Gasteiger partial charge in [-0.15, -0.1) is 0 Å². The Bertz CT molecular complexity index is 377. The molecule has 0 fully saturated rings. The second-order valence-electron chi connectivity index (χ2n) is 2.72. The molecule has 0 atom stereocenters. The van der Waals surface area contributed by atoms with E-state index in [2.05, 4.69) is 26.7 Å². The van der Waals surface area contributed by atoms with Crippen LogP contribution in [0.1, 0.15) is 0 Å². The van der Waals surface area contributed by atoms with E-state index in [1.54, 1.807) is 18.2 Å². The van der Waals surface area contributed by atoms with Crippen LogP contribution in [-0.4, -0.2) is 18.0 Å². The van der Waals surface area contributed by atoms with Crippen molar-refractivity contribution >= 4 is 50.9 Å². The highest BCUT2D eigenvalue weighted by Gasteiger charge is 2.03. The number of hydrogen-bond acceptors (Lipinski definition) is 2. The van der Waals surface area contributed by atoms with Gasteiger partial charge >= 0.3 is 6.03 Å². The average Bonchev–Trinajstić information content (AvgIpc) is 2.24. The molecule has 0 spiro atoms. The fourth-order valence-electron chi connectivity index (χ4n) is 0.886. The van der Waals surface area contributed by atoms with E-state index in [1.807, 2.05) is 0 Å². The maximum Gasteiger partial charge on any atom is 0.343 e. The molecule has 0 saturated carbocycles. The molecule has 0 heterocycles. The van der Waals surface area contributed by atoms with E-state index in [0.717, 1.165) is 0 Å². The Kier molecular flexibility index (Phi) is 5.90. The SMILES string of the molecule is O=C(NOCCBr)Nc1ccc(Cl)c(Cl)c1. The number of alkyl halides is 1. The lowest BCUT2D eigenvalue weighted by Gasteiger charge is -2.07. The van der Waals surface area contributed by atoms with Gasteiger partial charge in [-0.05, 0) is 18.2 Å². The zero-order valence-electron chi connectivity index (χ0n) is 8.10. The van der Waals surface area contributed by atoms with E-state index < -0.39 is 6.03 Å². The van der Waals surface area contributed by atoms with E-state index in [4.69, 9.17) is 28.0 Å². The predicted molar refractivity (Wildman–Crippen MR) is 68.4 cm³/mol. The first-order valence-corrected chi connectivity index (χ1v) is 6.21. The monoisotopic (exact) mass is 326 g/mol. The summed E-state index contributed by atoms with van der Waals surface area (Å²) in [6.45, 7) is 0.384. The van der Waals surface area contributed by atoms with Crippen LogP contribution in [-0.2, 0) is 4.84 Å². The minimum Gasteiger partial charge on any atom is -0.306 e. The van der Waals surface area contributed by atoms with Crippen LogP contribution in [0.3, 0.4) is 0 Å². The van der Waals surface area contributed by atoms with E-state index in [1.165, 1.54) is 0 Å². The van der Waals surface area contributed by atoms with Crippen LogP contribution < -0.4 is 10.8 Å². The third-order valence-electron chi connectivity index (χ3n) is 1.52.